The second-order valence-electron chi connectivity index (χ2n) is 3.54. The molecule has 1 aromatic rings. The molecule has 0 spiro atoms. The monoisotopic (exact) mass is 273 g/mol. The van der Waals surface area contributed by atoms with Gasteiger partial charge in [0.2, 0.25) is 0 Å². The summed E-state index contributed by atoms with van der Waals surface area (Å²) in [4.78, 5) is 13.3. The molecule has 18 heavy (non-hydrogen) atoms. The number of oxime groups is 1. The van der Waals surface area contributed by atoms with Crippen LogP contribution in [-0.2, 0) is 0 Å². The van der Waals surface area contributed by atoms with Crippen LogP contribution in [0.1, 0.15) is 17.3 Å². The number of hydrogen-bond donors (Lipinski definition) is 2. The van der Waals surface area contributed by atoms with Gasteiger partial charge in [0.25, 0.3) is 5.91 Å². The van der Waals surface area contributed by atoms with Gasteiger partial charge in [0.15, 0.2) is 5.84 Å². The number of hydrogen-bond acceptors (Lipinski definition) is 3. The maximum atomic E-state index is 13.2. The fourth-order valence-electron chi connectivity index (χ4n) is 1.37. The van der Waals surface area contributed by atoms with Crippen molar-refractivity contribution in [2.75, 3.05) is 13.1 Å². The van der Waals surface area contributed by atoms with Gasteiger partial charge < -0.3 is 15.8 Å². The number of likely N-dealkylation sites (N-methyl/N-ethyl adjacent to an activating group) is 1. The SMILES string of the molecule is CCN(C/C(N)=N/O)C(=O)c1ccc(Cl)c(F)c1. The molecule has 0 aliphatic rings. The molecule has 0 radical (unpaired) electrons. The number of halogens is 2. The van der Waals surface area contributed by atoms with Gasteiger partial charge in [-0.1, -0.05) is 16.8 Å². The number of nitrogens with zero attached hydrogens (tertiary/aromatic N) is 2. The van der Waals surface area contributed by atoms with Crippen molar-refractivity contribution >= 4 is 23.3 Å². The predicted molar refractivity (Wildman–Crippen MR) is 66.4 cm³/mol. The lowest BCUT2D eigenvalue weighted by molar-refractivity contribution is 0.0785. The Morgan fingerprint density at radius 3 is 2.78 bits per heavy atom. The molecule has 3 N–H and O–H groups in total. The summed E-state index contributed by atoms with van der Waals surface area (Å²) in [5, 5.41) is 11.2. The first-order chi connectivity index (χ1) is 8.49. The Hall–Kier alpha value is -1.82. The van der Waals surface area contributed by atoms with Gasteiger partial charge in [0.05, 0.1) is 11.6 Å². The molecule has 0 heterocycles. The quantitative estimate of drug-likeness (QED) is 0.379. The molecule has 7 heteroatoms. The minimum absolute atomic E-state index is 0.0317. The molecule has 0 unspecified atom stereocenters. The first kappa shape index (κ1) is 14.2. The number of carbonyl (C=O) groups excluding carboxylic acids is 1. The van der Waals surface area contributed by atoms with Crippen molar-refractivity contribution in [1.29, 1.82) is 0 Å². The van der Waals surface area contributed by atoms with Crippen LogP contribution in [0.15, 0.2) is 23.4 Å². The Labute approximate surface area is 109 Å². The Morgan fingerprint density at radius 2 is 2.28 bits per heavy atom. The van der Waals surface area contributed by atoms with Crippen LogP contribution in [-0.4, -0.2) is 34.9 Å². The summed E-state index contributed by atoms with van der Waals surface area (Å²) in [5.41, 5.74) is 5.49. The molecule has 98 valence electrons. The van der Waals surface area contributed by atoms with Crippen molar-refractivity contribution in [3.63, 3.8) is 0 Å². The van der Waals surface area contributed by atoms with E-state index in [1.54, 1.807) is 6.92 Å². The summed E-state index contributed by atoms with van der Waals surface area (Å²) in [5.74, 6) is -1.18. The Morgan fingerprint density at radius 1 is 1.61 bits per heavy atom. The van der Waals surface area contributed by atoms with Crippen LogP contribution in [0.2, 0.25) is 5.02 Å². The zero-order valence-electron chi connectivity index (χ0n) is 9.73. The molecule has 5 nitrogen and oxygen atoms in total. The second kappa shape index (κ2) is 6.20. The van der Waals surface area contributed by atoms with E-state index in [2.05, 4.69) is 5.16 Å². The summed E-state index contributed by atoms with van der Waals surface area (Å²) in [7, 11) is 0. The van der Waals surface area contributed by atoms with Gasteiger partial charge >= 0.3 is 0 Å². The lowest BCUT2D eigenvalue weighted by Crippen LogP contribution is -2.38. The highest BCUT2D eigenvalue weighted by molar-refractivity contribution is 6.30. The first-order valence-corrected chi connectivity index (χ1v) is 5.58. The number of rotatable bonds is 4. The van der Waals surface area contributed by atoms with E-state index in [1.165, 1.54) is 17.0 Å². The van der Waals surface area contributed by atoms with Gasteiger partial charge in [-0.25, -0.2) is 4.39 Å². The maximum absolute atomic E-state index is 13.2. The van der Waals surface area contributed by atoms with Crippen LogP contribution in [0, 0.1) is 5.82 Å². The van der Waals surface area contributed by atoms with E-state index in [0.717, 1.165) is 6.07 Å². The maximum Gasteiger partial charge on any atom is 0.254 e. The number of amidine groups is 1. The van der Waals surface area contributed by atoms with Gasteiger partial charge in [-0.15, -0.1) is 0 Å². The third kappa shape index (κ3) is 3.33. The van der Waals surface area contributed by atoms with E-state index in [1.807, 2.05) is 0 Å². The normalized spacial score (nSPS) is 11.4. The molecular weight excluding hydrogens is 261 g/mol. The van der Waals surface area contributed by atoms with Crippen molar-refractivity contribution in [1.82, 2.24) is 4.90 Å². The van der Waals surface area contributed by atoms with Crippen LogP contribution in [0.4, 0.5) is 4.39 Å². The summed E-state index contributed by atoms with van der Waals surface area (Å²) in [6, 6.07) is 3.78. The van der Waals surface area contributed by atoms with E-state index in [0.29, 0.717) is 6.54 Å². The predicted octanol–water partition coefficient (Wildman–Crippen LogP) is 1.69. The zero-order valence-corrected chi connectivity index (χ0v) is 10.5. The topological polar surface area (TPSA) is 78.9 Å². The molecule has 0 aliphatic heterocycles. The number of nitrogens with two attached hydrogens (primary N) is 1. The molecule has 0 aromatic heterocycles. The highest BCUT2D eigenvalue weighted by atomic mass is 35.5. The molecule has 1 aromatic carbocycles. The van der Waals surface area contributed by atoms with E-state index >= 15 is 0 Å². The Kier molecular flexibility index (Phi) is 4.91. The molecule has 0 bridgehead atoms. The van der Waals surface area contributed by atoms with Crippen LogP contribution < -0.4 is 5.73 Å². The minimum Gasteiger partial charge on any atom is -0.409 e. The summed E-state index contributed by atoms with van der Waals surface area (Å²) >= 11 is 5.53. The highest BCUT2D eigenvalue weighted by Gasteiger charge is 2.16. The molecular formula is C11H13ClFN3O2. The molecule has 1 amide bonds. The van der Waals surface area contributed by atoms with Crippen LogP contribution in [0.25, 0.3) is 0 Å². The van der Waals surface area contributed by atoms with Gasteiger partial charge in [-0.05, 0) is 25.1 Å². The Bertz CT molecular complexity index is 479. The second-order valence-corrected chi connectivity index (χ2v) is 3.95. The van der Waals surface area contributed by atoms with Crippen LogP contribution in [0.3, 0.4) is 0 Å². The first-order valence-electron chi connectivity index (χ1n) is 5.20. The molecule has 0 saturated heterocycles. The van der Waals surface area contributed by atoms with Crippen molar-refractivity contribution in [3.8, 4) is 0 Å². The largest absolute Gasteiger partial charge is 0.409 e. The van der Waals surface area contributed by atoms with E-state index in [9.17, 15) is 9.18 Å². The third-order valence-electron chi connectivity index (χ3n) is 2.32. The van der Waals surface area contributed by atoms with Gasteiger partial charge in [0.1, 0.15) is 5.82 Å². The van der Waals surface area contributed by atoms with Gasteiger partial charge in [0, 0.05) is 12.1 Å². The number of amides is 1. The van der Waals surface area contributed by atoms with E-state index in [-0.39, 0.29) is 23.0 Å². The van der Waals surface area contributed by atoms with Gasteiger partial charge in [-0.3, -0.25) is 4.79 Å². The lowest BCUT2D eigenvalue weighted by atomic mass is 10.2. The molecule has 0 fully saturated rings. The van der Waals surface area contributed by atoms with Crippen molar-refractivity contribution in [2.45, 2.75) is 6.92 Å². The molecule has 0 aliphatic carbocycles. The average Bonchev–Trinajstić information content (AvgIpc) is 2.38. The number of benzene rings is 1. The fourth-order valence-corrected chi connectivity index (χ4v) is 1.48. The van der Waals surface area contributed by atoms with Gasteiger partial charge in [-0.2, -0.15) is 0 Å². The van der Waals surface area contributed by atoms with Crippen molar-refractivity contribution in [3.05, 3.63) is 34.6 Å². The van der Waals surface area contributed by atoms with Crippen molar-refractivity contribution < 1.29 is 14.4 Å². The summed E-state index contributed by atoms with van der Waals surface area (Å²) < 4.78 is 13.2. The summed E-state index contributed by atoms with van der Waals surface area (Å²) in [6.07, 6.45) is 0. The van der Waals surface area contributed by atoms with Crippen LogP contribution in [0.5, 0.6) is 0 Å². The van der Waals surface area contributed by atoms with E-state index in [4.69, 9.17) is 22.5 Å². The van der Waals surface area contributed by atoms with Crippen LogP contribution >= 0.6 is 11.6 Å². The highest BCUT2D eigenvalue weighted by Crippen LogP contribution is 2.16. The zero-order chi connectivity index (χ0) is 13.7. The molecule has 1 rings (SSSR count). The average molecular weight is 274 g/mol. The summed E-state index contributed by atoms with van der Waals surface area (Å²) in [6.45, 7) is 2.05. The Balaban J connectivity index is 2.93. The smallest absolute Gasteiger partial charge is 0.254 e. The third-order valence-corrected chi connectivity index (χ3v) is 2.62. The number of carbonyl (C=O) groups is 1. The standard InChI is InChI=1S/C11H13ClFN3O2/c1-2-16(6-10(14)15-18)11(17)7-3-4-8(12)9(13)5-7/h3-5,18H,2,6H2,1H3,(H2,14,15). The molecule has 0 atom stereocenters. The lowest BCUT2D eigenvalue weighted by Gasteiger charge is -2.20. The van der Waals surface area contributed by atoms with E-state index < -0.39 is 11.7 Å². The van der Waals surface area contributed by atoms with Crippen molar-refractivity contribution in [2.24, 2.45) is 10.9 Å². The minimum atomic E-state index is -0.664. The molecule has 0 saturated carbocycles. The fraction of sp³-hybridized carbons (Fsp3) is 0.273.